The minimum absolute atomic E-state index is 0.00650. The van der Waals surface area contributed by atoms with Crippen molar-refractivity contribution in [3.05, 3.63) is 11.0 Å². The average Bonchev–Trinajstić information content (AvgIpc) is 2.44. The number of fused-ring (bicyclic) bond motifs is 3. The Morgan fingerprint density at radius 2 is 2.00 bits per heavy atom. The summed E-state index contributed by atoms with van der Waals surface area (Å²) < 4.78 is 34.9. The standard InChI is InChI=1S/C15H22ClN3O4S/c1-9-6-22-7-15(4)8-23-10-11(14(2,3)24(5,20)21)17-13(16)18-12(10)19(9)15/h9H,6-8H2,1-5H3/t9-,15?/m1/s1. The molecule has 1 fully saturated rings. The Hall–Kier alpha value is -1.12. The van der Waals surface area contributed by atoms with Crippen molar-refractivity contribution in [1.29, 1.82) is 0 Å². The van der Waals surface area contributed by atoms with Crippen LogP contribution in [0.4, 0.5) is 5.82 Å². The third-order valence-corrected chi connectivity index (χ3v) is 7.08. The van der Waals surface area contributed by atoms with Gasteiger partial charge in [0.05, 0.1) is 24.8 Å². The zero-order chi connectivity index (χ0) is 17.9. The molecule has 0 aromatic carbocycles. The second-order valence-electron chi connectivity index (χ2n) is 7.30. The van der Waals surface area contributed by atoms with E-state index in [1.165, 1.54) is 6.26 Å². The van der Waals surface area contributed by atoms with Crippen molar-refractivity contribution in [2.24, 2.45) is 0 Å². The van der Waals surface area contributed by atoms with E-state index in [9.17, 15) is 8.42 Å². The molecule has 1 aromatic heterocycles. The highest BCUT2D eigenvalue weighted by Crippen LogP contribution is 2.46. The number of hydrogen-bond donors (Lipinski definition) is 0. The van der Waals surface area contributed by atoms with Crippen LogP contribution in [0.15, 0.2) is 0 Å². The first-order valence-corrected chi connectivity index (χ1v) is 10.0. The highest BCUT2D eigenvalue weighted by Gasteiger charge is 2.48. The van der Waals surface area contributed by atoms with Crippen LogP contribution < -0.4 is 9.64 Å². The summed E-state index contributed by atoms with van der Waals surface area (Å²) >= 11 is 6.13. The van der Waals surface area contributed by atoms with Crippen molar-refractivity contribution in [2.75, 3.05) is 31.0 Å². The Morgan fingerprint density at radius 1 is 1.33 bits per heavy atom. The van der Waals surface area contributed by atoms with Gasteiger partial charge in [0, 0.05) is 6.26 Å². The fourth-order valence-electron chi connectivity index (χ4n) is 3.22. The van der Waals surface area contributed by atoms with Crippen LogP contribution in [0.2, 0.25) is 5.28 Å². The fourth-order valence-corrected chi connectivity index (χ4v) is 3.87. The molecule has 0 bridgehead atoms. The Labute approximate surface area is 147 Å². The average molecular weight is 376 g/mol. The molecule has 0 radical (unpaired) electrons. The number of anilines is 1. The lowest BCUT2D eigenvalue weighted by Crippen LogP contribution is -2.64. The number of aromatic nitrogens is 2. The molecule has 2 aliphatic heterocycles. The molecule has 3 rings (SSSR count). The zero-order valence-corrected chi connectivity index (χ0v) is 16.0. The van der Waals surface area contributed by atoms with Gasteiger partial charge in [-0.1, -0.05) is 0 Å². The predicted octanol–water partition coefficient (Wildman–Crippen LogP) is 1.79. The fraction of sp³-hybridized carbons (Fsp3) is 0.733. The summed E-state index contributed by atoms with van der Waals surface area (Å²) in [6, 6.07) is 0.0616. The Bertz CT molecular complexity index is 783. The summed E-state index contributed by atoms with van der Waals surface area (Å²) in [6.45, 7) is 8.68. The Kier molecular flexibility index (Phi) is 4.01. The van der Waals surface area contributed by atoms with Gasteiger partial charge < -0.3 is 14.4 Å². The van der Waals surface area contributed by atoms with E-state index in [1.54, 1.807) is 13.8 Å². The lowest BCUT2D eigenvalue weighted by Gasteiger charge is -2.51. The second kappa shape index (κ2) is 5.44. The van der Waals surface area contributed by atoms with Crippen LogP contribution in [0, 0.1) is 0 Å². The van der Waals surface area contributed by atoms with Crippen molar-refractivity contribution >= 4 is 27.3 Å². The predicted molar refractivity (Wildman–Crippen MR) is 91.6 cm³/mol. The summed E-state index contributed by atoms with van der Waals surface area (Å²) in [4.78, 5) is 10.7. The molecule has 0 aliphatic carbocycles. The Morgan fingerprint density at radius 3 is 2.62 bits per heavy atom. The van der Waals surface area contributed by atoms with Crippen LogP contribution in [0.1, 0.15) is 33.4 Å². The van der Waals surface area contributed by atoms with Gasteiger partial charge in [-0.15, -0.1) is 0 Å². The van der Waals surface area contributed by atoms with Gasteiger partial charge in [0.2, 0.25) is 5.28 Å². The van der Waals surface area contributed by atoms with E-state index >= 15 is 0 Å². The number of rotatable bonds is 2. The van der Waals surface area contributed by atoms with Crippen LogP contribution in [0.3, 0.4) is 0 Å². The minimum atomic E-state index is -3.44. The smallest absolute Gasteiger partial charge is 0.224 e. The van der Waals surface area contributed by atoms with Crippen LogP contribution in [-0.4, -0.2) is 56.0 Å². The van der Waals surface area contributed by atoms with Gasteiger partial charge in [-0.3, -0.25) is 0 Å². The van der Waals surface area contributed by atoms with Crippen LogP contribution in [-0.2, 0) is 19.3 Å². The van der Waals surface area contributed by atoms with Crippen molar-refractivity contribution in [3.8, 4) is 5.75 Å². The molecule has 0 spiro atoms. The van der Waals surface area contributed by atoms with E-state index in [-0.39, 0.29) is 16.9 Å². The Balaban J connectivity index is 2.24. The minimum Gasteiger partial charge on any atom is -0.485 e. The van der Waals surface area contributed by atoms with Gasteiger partial charge in [0.1, 0.15) is 17.0 Å². The van der Waals surface area contributed by atoms with Gasteiger partial charge in [0.15, 0.2) is 21.4 Å². The quantitative estimate of drug-likeness (QED) is 0.729. The first kappa shape index (κ1) is 17.7. The molecule has 9 heteroatoms. The molecule has 2 aliphatic rings. The molecule has 1 unspecified atom stereocenters. The second-order valence-corrected chi connectivity index (χ2v) is 10.2. The topological polar surface area (TPSA) is 81.6 Å². The lowest BCUT2D eigenvalue weighted by atomic mass is 9.95. The SMILES string of the molecule is C[C@@H]1COCC2(C)COc3c(nc(Cl)nc3C(C)(C)S(C)(=O)=O)N12. The number of hydrogen-bond acceptors (Lipinski definition) is 7. The summed E-state index contributed by atoms with van der Waals surface area (Å²) in [6.07, 6.45) is 1.18. The van der Waals surface area contributed by atoms with Crippen molar-refractivity contribution in [3.63, 3.8) is 0 Å². The van der Waals surface area contributed by atoms with Gasteiger partial charge in [-0.05, 0) is 39.3 Å². The summed E-state index contributed by atoms with van der Waals surface area (Å²) in [5, 5.41) is 0.00650. The normalized spacial score (nSPS) is 27.2. The molecule has 1 aromatic rings. The molecule has 134 valence electrons. The van der Waals surface area contributed by atoms with Crippen LogP contribution in [0.5, 0.6) is 5.75 Å². The molecule has 0 amide bonds. The van der Waals surface area contributed by atoms with Crippen LogP contribution >= 0.6 is 11.6 Å². The van der Waals surface area contributed by atoms with Gasteiger partial charge in [-0.2, -0.15) is 4.98 Å². The molecule has 7 nitrogen and oxygen atoms in total. The van der Waals surface area contributed by atoms with E-state index in [0.29, 0.717) is 37.1 Å². The number of ether oxygens (including phenoxy) is 2. The molecule has 24 heavy (non-hydrogen) atoms. The summed E-state index contributed by atoms with van der Waals surface area (Å²) in [5.74, 6) is 0.923. The number of morpholine rings is 1. The maximum absolute atomic E-state index is 12.3. The first-order valence-electron chi connectivity index (χ1n) is 7.75. The molecule has 3 heterocycles. The van der Waals surface area contributed by atoms with Crippen molar-refractivity contribution in [2.45, 2.75) is 44.0 Å². The molecular weight excluding hydrogens is 354 g/mol. The summed E-state index contributed by atoms with van der Waals surface area (Å²) in [5.41, 5.74) is -0.0878. The van der Waals surface area contributed by atoms with Gasteiger partial charge >= 0.3 is 0 Å². The van der Waals surface area contributed by atoms with Crippen molar-refractivity contribution < 1.29 is 17.9 Å². The van der Waals surface area contributed by atoms with E-state index in [0.717, 1.165) is 0 Å². The van der Waals surface area contributed by atoms with E-state index in [2.05, 4.69) is 14.9 Å². The highest BCUT2D eigenvalue weighted by atomic mass is 35.5. The molecule has 0 saturated carbocycles. The molecular formula is C15H22ClN3O4S. The van der Waals surface area contributed by atoms with Crippen molar-refractivity contribution in [1.82, 2.24) is 9.97 Å². The number of halogens is 1. The molecule has 2 atom stereocenters. The number of sulfone groups is 1. The third kappa shape index (κ3) is 2.55. The third-order valence-electron chi connectivity index (χ3n) is 4.87. The zero-order valence-electron chi connectivity index (χ0n) is 14.5. The largest absolute Gasteiger partial charge is 0.485 e. The van der Waals surface area contributed by atoms with E-state index in [1.807, 2.05) is 13.8 Å². The monoisotopic (exact) mass is 375 g/mol. The van der Waals surface area contributed by atoms with Gasteiger partial charge in [-0.25, -0.2) is 13.4 Å². The van der Waals surface area contributed by atoms with E-state index < -0.39 is 14.6 Å². The van der Waals surface area contributed by atoms with Gasteiger partial charge in [0.25, 0.3) is 0 Å². The maximum atomic E-state index is 12.3. The molecule has 1 saturated heterocycles. The summed E-state index contributed by atoms with van der Waals surface area (Å²) in [7, 11) is -3.44. The first-order chi connectivity index (χ1) is 11.0. The van der Waals surface area contributed by atoms with E-state index in [4.69, 9.17) is 21.1 Å². The maximum Gasteiger partial charge on any atom is 0.224 e. The lowest BCUT2D eigenvalue weighted by molar-refractivity contribution is 0.00702. The molecule has 0 N–H and O–H groups in total. The number of nitrogens with zero attached hydrogens (tertiary/aromatic N) is 3. The van der Waals surface area contributed by atoms with Crippen LogP contribution in [0.25, 0.3) is 0 Å². The highest BCUT2D eigenvalue weighted by molar-refractivity contribution is 7.91.